The van der Waals surface area contributed by atoms with E-state index in [2.05, 4.69) is 128 Å². The molecular weight excluding hydrogens is 544 g/mol. The second kappa shape index (κ2) is 11.4. The molecule has 0 N–H and O–H groups in total. The van der Waals surface area contributed by atoms with Gasteiger partial charge in [-0.3, -0.25) is 0 Å². The average Bonchev–Trinajstić information content (AvgIpc) is 3.48. The zero-order valence-corrected chi connectivity index (χ0v) is 25.6. The van der Waals surface area contributed by atoms with E-state index in [1.54, 1.807) is 0 Å². The van der Waals surface area contributed by atoms with Crippen molar-refractivity contribution >= 4 is 44.9 Å². The van der Waals surface area contributed by atoms with Gasteiger partial charge in [0.2, 0.25) is 0 Å². The van der Waals surface area contributed by atoms with Gasteiger partial charge in [0.05, 0.1) is 0 Å². The Morgan fingerprint density at radius 3 is 1.89 bits per heavy atom. The summed E-state index contributed by atoms with van der Waals surface area (Å²) < 4.78 is 6.45. The van der Waals surface area contributed by atoms with E-state index in [-0.39, 0.29) is 0 Å². The smallest absolute Gasteiger partial charge is 0.135 e. The fourth-order valence-corrected chi connectivity index (χ4v) is 7.74. The Hall–Kier alpha value is -5.14. The van der Waals surface area contributed by atoms with E-state index in [0.29, 0.717) is 5.92 Å². The van der Waals surface area contributed by atoms with E-state index < -0.39 is 0 Å². The maximum absolute atomic E-state index is 6.45. The van der Waals surface area contributed by atoms with E-state index in [4.69, 9.17) is 4.42 Å². The summed E-state index contributed by atoms with van der Waals surface area (Å²) >= 11 is 0. The van der Waals surface area contributed by atoms with E-state index in [1.807, 2.05) is 12.2 Å². The minimum atomic E-state index is 0.497. The number of para-hydroxylation sites is 1. The molecule has 218 valence electrons. The van der Waals surface area contributed by atoms with Gasteiger partial charge < -0.3 is 4.42 Å². The highest BCUT2D eigenvalue weighted by Crippen LogP contribution is 2.48. The third-order valence-corrected chi connectivity index (χ3v) is 9.82. The lowest BCUT2D eigenvalue weighted by Crippen LogP contribution is -2.07. The molecule has 7 aromatic rings. The highest BCUT2D eigenvalue weighted by molar-refractivity contribution is 6.14. The first-order valence-corrected chi connectivity index (χ1v) is 16.2. The van der Waals surface area contributed by atoms with Crippen LogP contribution in [-0.2, 0) is 0 Å². The predicted octanol–water partition coefficient (Wildman–Crippen LogP) is 13.1. The van der Waals surface area contributed by atoms with Gasteiger partial charge in [-0.15, -0.1) is 0 Å². The molecule has 8 rings (SSSR count). The molecule has 1 nitrogen and oxygen atoms in total. The molecule has 1 aliphatic rings. The quantitative estimate of drug-likeness (QED) is 0.191. The summed E-state index contributed by atoms with van der Waals surface area (Å²) in [4.78, 5) is 0. The van der Waals surface area contributed by atoms with Crippen LogP contribution in [0.15, 0.2) is 133 Å². The van der Waals surface area contributed by atoms with Crippen molar-refractivity contribution in [1.29, 1.82) is 0 Å². The fraction of sp³-hybridized carbons (Fsp3) is 0.136. The van der Waals surface area contributed by atoms with Crippen molar-refractivity contribution in [1.82, 2.24) is 0 Å². The summed E-state index contributed by atoms with van der Waals surface area (Å²) in [7, 11) is 0. The number of fused-ring (bicyclic) bond motifs is 4. The Morgan fingerprint density at radius 2 is 1.13 bits per heavy atom. The highest BCUT2D eigenvalue weighted by Gasteiger charge is 2.26. The standard InChI is InChI=1S/C44H36O/c1-3-33-34(4-2)44(37-24-12-11-23-36(37)43(33)32-21-15-20-31(26-32)29-16-7-5-8-17-29)40-27-39-35-22-13-14-25-41(35)45-42(39)28-38(40)30-18-9-6-10-19-30/h3-5,7-8,11-17,20-28,30H,1-2,6,9-10,18-19H2. The molecule has 0 radical (unpaired) electrons. The minimum Gasteiger partial charge on any atom is -0.456 e. The van der Waals surface area contributed by atoms with Crippen molar-refractivity contribution in [2.24, 2.45) is 0 Å². The summed E-state index contributed by atoms with van der Waals surface area (Å²) in [6.07, 6.45) is 10.3. The van der Waals surface area contributed by atoms with Crippen molar-refractivity contribution in [2.75, 3.05) is 0 Å². The van der Waals surface area contributed by atoms with Crippen LogP contribution in [0.5, 0.6) is 0 Å². The summed E-state index contributed by atoms with van der Waals surface area (Å²) in [5.74, 6) is 0.497. The van der Waals surface area contributed by atoms with Crippen LogP contribution < -0.4 is 0 Å². The number of rotatable bonds is 6. The zero-order valence-electron chi connectivity index (χ0n) is 25.6. The van der Waals surface area contributed by atoms with E-state index >= 15 is 0 Å². The molecule has 0 spiro atoms. The van der Waals surface area contributed by atoms with Gasteiger partial charge in [-0.1, -0.05) is 136 Å². The number of hydrogen-bond donors (Lipinski definition) is 0. The lowest BCUT2D eigenvalue weighted by molar-refractivity contribution is 0.444. The molecule has 1 heteroatoms. The largest absolute Gasteiger partial charge is 0.456 e. The summed E-state index contributed by atoms with van der Waals surface area (Å²) in [5, 5.41) is 4.79. The van der Waals surface area contributed by atoms with Crippen LogP contribution in [0.3, 0.4) is 0 Å². The molecule has 1 aliphatic carbocycles. The first kappa shape index (κ1) is 27.4. The van der Waals surface area contributed by atoms with Crippen molar-refractivity contribution < 1.29 is 4.42 Å². The van der Waals surface area contributed by atoms with Crippen LogP contribution >= 0.6 is 0 Å². The van der Waals surface area contributed by atoms with Crippen LogP contribution in [0.2, 0.25) is 0 Å². The van der Waals surface area contributed by atoms with Gasteiger partial charge in [0.1, 0.15) is 11.2 Å². The lowest BCUT2D eigenvalue weighted by Gasteiger charge is -2.27. The monoisotopic (exact) mass is 580 g/mol. The summed E-state index contributed by atoms with van der Waals surface area (Å²) in [6.45, 7) is 8.79. The molecule has 0 bridgehead atoms. The predicted molar refractivity (Wildman–Crippen MR) is 194 cm³/mol. The third kappa shape index (κ3) is 4.62. The van der Waals surface area contributed by atoms with Crippen LogP contribution in [0.4, 0.5) is 0 Å². The Kier molecular flexibility index (Phi) is 6.95. The molecule has 45 heavy (non-hydrogen) atoms. The zero-order chi connectivity index (χ0) is 30.3. The number of benzene rings is 6. The van der Waals surface area contributed by atoms with Gasteiger partial charge >= 0.3 is 0 Å². The second-order valence-corrected chi connectivity index (χ2v) is 12.3. The molecular formula is C44H36O. The number of furan rings is 1. The topological polar surface area (TPSA) is 13.1 Å². The Morgan fingerprint density at radius 1 is 0.511 bits per heavy atom. The van der Waals surface area contributed by atoms with Crippen LogP contribution in [0.1, 0.15) is 54.7 Å². The van der Waals surface area contributed by atoms with Crippen molar-refractivity contribution in [3.05, 3.63) is 145 Å². The van der Waals surface area contributed by atoms with Gasteiger partial charge in [-0.2, -0.15) is 0 Å². The third-order valence-electron chi connectivity index (χ3n) is 9.82. The minimum absolute atomic E-state index is 0.497. The van der Waals surface area contributed by atoms with Crippen LogP contribution in [0, 0.1) is 0 Å². The van der Waals surface area contributed by atoms with E-state index in [1.165, 1.54) is 87.2 Å². The molecule has 0 aliphatic heterocycles. The average molecular weight is 581 g/mol. The molecule has 0 atom stereocenters. The van der Waals surface area contributed by atoms with E-state index in [9.17, 15) is 0 Å². The lowest BCUT2D eigenvalue weighted by atomic mass is 9.77. The van der Waals surface area contributed by atoms with Gasteiger partial charge in [0.15, 0.2) is 0 Å². The normalized spacial score (nSPS) is 13.9. The molecule has 0 amide bonds. The van der Waals surface area contributed by atoms with Crippen molar-refractivity contribution in [2.45, 2.75) is 38.0 Å². The molecule has 1 heterocycles. The van der Waals surface area contributed by atoms with Crippen LogP contribution in [0.25, 0.3) is 78.2 Å². The van der Waals surface area contributed by atoms with Gasteiger partial charge in [0.25, 0.3) is 0 Å². The maximum atomic E-state index is 6.45. The summed E-state index contributed by atoms with van der Waals surface area (Å²) in [5.41, 5.74) is 12.9. The molecule has 0 unspecified atom stereocenters. The summed E-state index contributed by atoms with van der Waals surface area (Å²) in [6, 6.07) is 41.6. The number of hydrogen-bond acceptors (Lipinski definition) is 1. The Labute approximate surface area is 265 Å². The highest BCUT2D eigenvalue weighted by atomic mass is 16.3. The fourth-order valence-electron chi connectivity index (χ4n) is 7.74. The SMILES string of the molecule is C=Cc1c(C=C)c(-c2cc3c(cc2C2CCCCC2)oc2ccccc23)c2ccccc2c1-c1cccc(-c2ccccc2)c1. The molecule has 1 aromatic heterocycles. The maximum Gasteiger partial charge on any atom is 0.135 e. The van der Waals surface area contributed by atoms with Gasteiger partial charge in [-0.05, 0) is 104 Å². The molecule has 6 aromatic carbocycles. The van der Waals surface area contributed by atoms with Gasteiger partial charge in [0, 0.05) is 10.8 Å². The second-order valence-electron chi connectivity index (χ2n) is 12.3. The molecule has 0 saturated heterocycles. The Balaban J connectivity index is 1.46. The Bertz CT molecular complexity index is 2220. The first-order valence-electron chi connectivity index (χ1n) is 16.2. The molecule has 1 saturated carbocycles. The van der Waals surface area contributed by atoms with Crippen LogP contribution in [-0.4, -0.2) is 0 Å². The van der Waals surface area contributed by atoms with Crippen molar-refractivity contribution in [3.8, 4) is 33.4 Å². The van der Waals surface area contributed by atoms with Crippen molar-refractivity contribution in [3.63, 3.8) is 0 Å². The van der Waals surface area contributed by atoms with Gasteiger partial charge in [-0.25, -0.2) is 0 Å². The first-order chi connectivity index (χ1) is 22.2. The molecule has 1 fully saturated rings. The van der Waals surface area contributed by atoms with E-state index in [0.717, 1.165) is 27.7 Å².